The van der Waals surface area contributed by atoms with Crippen LogP contribution in [-0.4, -0.2) is 52.3 Å². The molecule has 1 saturated heterocycles. The number of benzene rings is 2. The Kier molecular flexibility index (Phi) is 6.47. The zero-order valence-electron chi connectivity index (χ0n) is 18.8. The second kappa shape index (κ2) is 9.31. The molecule has 2 aromatic rings. The van der Waals surface area contributed by atoms with Crippen molar-refractivity contribution < 1.29 is 23.8 Å². The molecule has 1 fully saturated rings. The molecular formula is C25H28FN3O4. The molecule has 0 spiro atoms. The van der Waals surface area contributed by atoms with Gasteiger partial charge in [0.15, 0.2) is 0 Å². The van der Waals surface area contributed by atoms with Crippen LogP contribution in [0.1, 0.15) is 33.1 Å². The van der Waals surface area contributed by atoms with Crippen molar-refractivity contribution in [2.75, 3.05) is 18.1 Å². The first-order chi connectivity index (χ1) is 15.7. The minimum atomic E-state index is -1.14. The van der Waals surface area contributed by atoms with Crippen LogP contribution in [0.3, 0.4) is 0 Å². The number of nitrogens with zero attached hydrogens (tertiary/aromatic N) is 3. The number of carbonyl (C=O) groups is 2. The number of piperidine rings is 1. The highest BCUT2D eigenvalue weighted by molar-refractivity contribution is 6.44. The highest BCUT2D eigenvalue weighted by Gasteiger charge is 2.46. The number of halogens is 1. The largest absolute Gasteiger partial charge is 0.486 e. The maximum absolute atomic E-state index is 13.3. The van der Waals surface area contributed by atoms with Gasteiger partial charge in [0.25, 0.3) is 11.8 Å². The van der Waals surface area contributed by atoms with Gasteiger partial charge in [-0.1, -0.05) is 32.0 Å². The summed E-state index contributed by atoms with van der Waals surface area (Å²) in [5.74, 6) is -0.362. The normalized spacial score (nSPS) is 23.1. The molecule has 2 atom stereocenters. The average molecular weight is 454 g/mol. The summed E-state index contributed by atoms with van der Waals surface area (Å²) < 4.78 is 19.4. The second-order valence-corrected chi connectivity index (χ2v) is 9.03. The van der Waals surface area contributed by atoms with Crippen molar-refractivity contribution in [2.24, 2.45) is 11.0 Å². The summed E-state index contributed by atoms with van der Waals surface area (Å²) in [6, 6.07) is 14.5. The molecule has 0 aromatic heterocycles. The summed E-state index contributed by atoms with van der Waals surface area (Å²) in [4.78, 5) is 27.3. The summed E-state index contributed by atoms with van der Waals surface area (Å²) in [6.07, 6.45) is 0.0457. The predicted molar refractivity (Wildman–Crippen MR) is 122 cm³/mol. The molecule has 8 heteroatoms. The molecule has 2 heterocycles. The van der Waals surface area contributed by atoms with E-state index in [1.165, 1.54) is 29.3 Å². The summed E-state index contributed by atoms with van der Waals surface area (Å²) >= 11 is 0. The number of anilines is 1. The van der Waals surface area contributed by atoms with E-state index in [2.05, 4.69) is 5.10 Å². The lowest BCUT2D eigenvalue weighted by molar-refractivity contribution is -0.142. The molecule has 7 nitrogen and oxygen atoms in total. The molecule has 2 aromatic carbocycles. The quantitative estimate of drug-likeness (QED) is 0.727. The Morgan fingerprint density at radius 1 is 1.21 bits per heavy atom. The van der Waals surface area contributed by atoms with E-state index in [0.29, 0.717) is 30.8 Å². The van der Waals surface area contributed by atoms with E-state index in [4.69, 9.17) is 4.74 Å². The summed E-state index contributed by atoms with van der Waals surface area (Å²) in [6.45, 7) is 4.49. The number of aliphatic hydroxyl groups is 1. The third kappa shape index (κ3) is 5.06. The topological polar surface area (TPSA) is 82.4 Å². The van der Waals surface area contributed by atoms with E-state index in [1.54, 1.807) is 29.2 Å². The van der Waals surface area contributed by atoms with E-state index in [-0.39, 0.29) is 42.2 Å². The Labute approximate surface area is 192 Å². The van der Waals surface area contributed by atoms with Gasteiger partial charge in [-0.3, -0.25) is 9.59 Å². The number of ether oxygens (including phenoxy) is 1. The maximum atomic E-state index is 13.3. The number of amides is 2. The van der Waals surface area contributed by atoms with Gasteiger partial charge in [0.05, 0.1) is 18.7 Å². The first kappa shape index (κ1) is 22.9. The highest BCUT2D eigenvalue weighted by atomic mass is 19.1. The third-order valence-corrected chi connectivity index (χ3v) is 5.96. The van der Waals surface area contributed by atoms with E-state index < -0.39 is 11.7 Å². The van der Waals surface area contributed by atoms with Crippen molar-refractivity contribution in [3.8, 4) is 5.75 Å². The molecule has 0 bridgehead atoms. The molecule has 2 aliphatic heterocycles. The van der Waals surface area contributed by atoms with Gasteiger partial charge in [-0.25, -0.2) is 4.39 Å². The number of para-hydroxylation sites is 1. The van der Waals surface area contributed by atoms with Gasteiger partial charge in [-0.15, -0.1) is 0 Å². The number of rotatable bonds is 6. The Bertz CT molecular complexity index is 1040. The minimum absolute atomic E-state index is 0.0794. The molecule has 0 aliphatic carbocycles. The molecule has 2 aliphatic rings. The fourth-order valence-electron chi connectivity index (χ4n) is 4.40. The van der Waals surface area contributed by atoms with Crippen LogP contribution in [0.15, 0.2) is 59.7 Å². The van der Waals surface area contributed by atoms with Gasteiger partial charge in [-0.2, -0.15) is 10.1 Å². The van der Waals surface area contributed by atoms with Gasteiger partial charge in [0, 0.05) is 6.54 Å². The van der Waals surface area contributed by atoms with Crippen LogP contribution < -0.4 is 9.75 Å². The summed E-state index contributed by atoms with van der Waals surface area (Å²) in [5, 5.41) is 16.9. The van der Waals surface area contributed by atoms with Crippen LogP contribution in [0.4, 0.5) is 10.1 Å². The van der Waals surface area contributed by atoms with Gasteiger partial charge >= 0.3 is 0 Å². The second-order valence-electron chi connectivity index (χ2n) is 9.03. The summed E-state index contributed by atoms with van der Waals surface area (Å²) in [5.41, 5.74) is -0.366. The van der Waals surface area contributed by atoms with Gasteiger partial charge in [-0.05, 0) is 55.2 Å². The maximum Gasteiger partial charge on any atom is 0.270 e. The highest BCUT2D eigenvalue weighted by Crippen LogP contribution is 2.33. The van der Waals surface area contributed by atoms with Crippen LogP contribution in [0, 0.1) is 11.7 Å². The molecule has 1 N–H and O–H groups in total. The van der Waals surface area contributed by atoms with Crippen molar-refractivity contribution in [1.29, 1.82) is 0 Å². The molecule has 33 heavy (non-hydrogen) atoms. The van der Waals surface area contributed by atoms with Crippen molar-refractivity contribution in [1.82, 2.24) is 4.90 Å². The third-order valence-electron chi connectivity index (χ3n) is 5.96. The molecule has 4 rings (SSSR count). The van der Waals surface area contributed by atoms with Crippen molar-refractivity contribution in [3.63, 3.8) is 0 Å². The van der Waals surface area contributed by atoms with Gasteiger partial charge in [0.2, 0.25) is 0 Å². The zero-order valence-corrected chi connectivity index (χ0v) is 18.8. The standard InChI is InChI=1S/C25H28FN3O4/c1-17(2)15-25(32)12-13-28(16-22(25)33-20-10-8-18(26)9-11-20)24(31)21-14-23(30)29(27-21)19-6-4-3-5-7-19/h3-11,17,22,32H,12-16H2,1-2H3/t22-,25+/m0/s1. The van der Waals surface area contributed by atoms with E-state index in [0.717, 1.165) is 0 Å². The van der Waals surface area contributed by atoms with Crippen LogP contribution >= 0.6 is 0 Å². The molecule has 2 amide bonds. The Morgan fingerprint density at radius 3 is 2.58 bits per heavy atom. The molecule has 0 saturated carbocycles. The number of hydrogen-bond acceptors (Lipinski definition) is 5. The lowest BCUT2D eigenvalue weighted by Gasteiger charge is -2.45. The fraction of sp³-hybridized carbons (Fsp3) is 0.400. The molecule has 174 valence electrons. The molecular weight excluding hydrogens is 425 g/mol. The van der Waals surface area contributed by atoms with Gasteiger partial charge < -0.3 is 14.7 Å². The van der Waals surface area contributed by atoms with E-state index in [9.17, 15) is 19.1 Å². The zero-order chi connectivity index (χ0) is 23.6. The lowest BCUT2D eigenvalue weighted by Crippen LogP contribution is -2.60. The number of likely N-dealkylation sites (tertiary alicyclic amines) is 1. The first-order valence-corrected chi connectivity index (χ1v) is 11.1. The Hall–Kier alpha value is -3.26. The van der Waals surface area contributed by atoms with Crippen molar-refractivity contribution in [2.45, 2.75) is 44.8 Å². The van der Waals surface area contributed by atoms with E-state index in [1.807, 2.05) is 19.9 Å². The van der Waals surface area contributed by atoms with Crippen LogP contribution in [0.2, 0.25) is 0 Å². The van der Waals surface area contributed by atoms with Crippen molar-refractivity contribution in [3.05, 3.63) is 60.4 Å². The van der Waals surface area contributed by atoms with E-state index >= 15 is 0 Å². The molecule has 0 radical (unpaired) electrons. The predicted octanol–water partition coefficient (Wildman–Crippen LogP) is 3.38. The lowest BCUT2D eigenvalue weighted by atomic mass is 9.81. The van der Waals surface area contributed by atoms with Crippen molar-refractivity contribution >= 4 is 23.2 Å². The number of carbonyl (C=O) groups excluding carboxylic acids is 2. The van der Waals surface area contributed by atoms with Gasteiger partial charge in [0.1, 0.15) is 29.0 Å². The fourth-order valence-corrected chi connectivity index (χ4v) is 4.40. The smallest absolute Gasteiger partial charge is 0.270 e. The minimum Gasteiger partial charge on any atom is -0.486 e. The number of hydrazone groups is 1. The van der Waals surface area contributed by atoms with Crippen LogP contribution in [-0.2, 0) is 9.59 Å². The Balaban J connectivity index is 1.53. The monoisotopic (exact) mass is 453 g/mol. The average Bonchev–Trinajstić information content (AvgIpc) is 3.18. The number of hydrogen-bond donors (Lipinski definition) is 1. The SMILES string of the molecule is CC(C)C[C@]1(O)CCN(C(=O)C2=NN(c3ccccc3)C(=O)C2)C[C@@H]1Oc1ccc(F)cc1. The molecule has 0 unspecified atom stereocenters. The van der Waals surface area contributed by atoms with Crippen LogP contribution in [0.5, 0.6) is 5.75 Å². The van der Waals surface area contributed by atoms with Crippen LogP contribution in [0.25, 0.3) is 0 Å². The first-order valence-electron chi connectivity index (χ1n) is 11.1. The summed E-state index contributed by atoms with van der Waals surface area (Å²) in [7, 11) is 0. The Morgan fingerprint density at radius 2 is 1.91 bits per heavy atom.